The molecule has 3 N–H and O–H groups in total. The molecule has 7 heteroatoms. The zero-order valence-corrected chi connectivity index (χ0v) is 22.1. The summed E-state index contributed by atoms with van der Waals surface area (Å²) in [5, 5.41) is 33.3. The number of hydrogen-bond donors (Lipinski definition) is 3. The number of hydrogen-bond acceptors (Lipinski definition) is 6. The molecule has 1 aromatic rings. The summed E-state index contributed by atoms with van der Waals surface area (Å²) in [6, 6.07) is 3.79. The van der Waals surface area contributed by atoms with E-state index in [1.807, 2.05) is 11.0 Å². The Morgan fingerprint density at radius 3 is 2.54 bits per heavy atom. The third kappa shape index (κ3) is 3.53. The van der Waals surface area contributed by atoms with Crippen LogP contribution in [0, 0.1) is 28.6 Å². The second-order valence-corrected chi connectivity index (χ2v) is 13.1. The molecule has 0 aromatic carbocycles. The van der Waals surface area contributed by atoms with Gasteiger partial charge in [-0.2, -0.15) is 0 Å². The summed E-state index contributed by atoms with van der Waals surface area (Å²) in [6.45, 7) is 6.37. The molecule has 0 aliphatic heterocycles. The number of carbonyl (C=O) groups excluding carboxylic acids is 2. The van der Waals surface area contributed by atoms with E-state index < -0.39 is 28.6 Å². The average Bonchev–Trinajstić information content (AvgIpc) is 3.65. The van der Waals surface area contributed by atoms with E-state index >= 15 is 0 Å². The van der Waals surface area contributed by atoms with E-state index in [4.69, 9.17) is 0 Å². The molecule has 0 spiro atoms. The standard InChI is InChI=1S/C30H40N2O5/c1-17(32(19-6-7-19)27(36)18-5-4-12-31-16-18)20-9-11-30(37)22-13-24(33)23-14-25(34)26(35)15-28(23,2)21(22)8-10-29(20,30)3/h4-5,12-13,16-17,19-21,23,25-26,34-35,37H,6-11,14-15H2,1-3H3/t17?,20?,21?,23-,25+,26-,28+,29+,30+/m0/s1. The highest BCUT2D eigenvalue weighted by Gasteiger charge is 2.67. The van der Waals surface area contributed by atoms with E-state index in [2.05, 4.69) is 25.8 Å². The Kier molecular flexibility index (Phi) is 5.76. The van der Waals surface area contributed by atoms with Crippen molar-refractivity contribution in [2.24, 2.45) is 28.6 Å². The Balaban J connectivity index is 1.33. The van der Waals surface area contributed by atoms with Crippen molar-refractivity contribution < 1.29 is 24.9 Å². The highest BCUT2D eigenvalue weighted by atomic mass is 16.3. The Labute approximate surface area is 219 Å². The lowest BCUT2D eigenvalue weighted by Gasteiger charge is -2.60. The van der Waals surface area contributed by atoms with E-state index in [0.29, 0.717) is 18.4 Å². The van der Waals surface area contributed by atoms with Gasteiger partial charge in [-0.1, -0.05) is 13.8 Å². The van der Waals surface area contributed by atoms with Crippen molar-refractivity contribution in [2.75, 3.05) is 0 Å². The van der Waals surface area contributed by atoms with Gasteiger partial charge in [-0.05, 0) is 99.3 Å². The maximum Gasteiger partial charge on any atom is 0.255 e. The summed E-state index contributed by atoms with van der Waals surface area (Å²) in [5.41, 5.74) is -0.628. The van der Waals surface area contributed by atoms with Crippen LogP contribution in [-0.2, 0) is 4.79 Å². The molecule has 5 aliphatic carbocycles. The second kappa shape index (κ2) is 8.45. The number of ketones is 1. The molecule has 9 atom stereocenters. The first-order valence-electron chi connectivity index (χ1n) is 14.1. The minimum Gasteiger partial charge on any atom is -0.390 e. The summed E-state index contributed by atoms with van der Waals surface area (Å²) in [7, 11) is 0. The van der Waals surface area contributed by atoms with Crippen LogP contribution in [0.2, 0.25) is 0 Å². The van der Waals surface area contributed by atoms with Gasteiger partial charge in [0.25, 0.3) is 5.91 Å². The maximum absolute atomic E-state index is 13.6. The van der Waals surface area contributed by atoms with Crippen molar-refractivity contribution in [1.82, 2.24) is 9.88 Å². The third-order valence-electron chi connectivity index (χ3n) is 11.3. The lowest BCUT2D eigenvalue weighted by molar-refractivity contribution is -0.153. The van der Waals surface area contributed by atoms with Crippen molar-refractivity contribution in [2.45, 2.75) is 102 Å². The number of nitrogens with zero attached hydrogens (tertiary/aromatic N) is 2. The van der Waals surface area contributed by atoms with Gasteiger partial charge in [-0.15, -0.1) is 0 Å². The SMILES string of the molecule is CC(C1CC[C@@]2(O)C3=CC(=O)[C@@H]4C[C@@H](O)[C@@H](O)C[C@]4(C)C3CC[C@]12C)N(C(=O)c1cccnc1)C1CC1. The predicted octanol–water partition coefficient (Wildman–Crippen LogP) is 3.28. The van der Waals surface area contributed by atoms with Crippen LogP contribution in [0.5, 0.6) is 0 Å². The van der Waals surface area contributed by atoms with Crippen LogP contribution in [0.4, 0.5) is 0 Å². The second-order valence-electron chi connectivity index (χ2n) is 13.1. The predicted molar refractivity (Wildman–Crippen MR) is 137 cm³/mol. The number of fused-ring (bicyclic) bond motifs is 5. The zero-order chi connectivity index (χ0) is 26.3. The Hall–Kier alpha value is -2.09. The summed E-state index contributed by atoms with van der Waals surface area (Å²) in [4.78, 5) is 33.2. The van der Waals surface area contributed by atoms with Crippen LogP contribution in [0.25, 0.3) is 0 Å². The smallest absolute Gasteiger partial charge is 0.255 e. The highest BCUT2D eigenvalue weighted by molar-refractivity contribution is 5.95. The molecule has 3 unspecified atom stereocenters. The van der Waals surface area contributed by atoms with Crippen LogP contribution >= 0.6 is 0 Å². The number of aliphatic hydroxyl groups is 3. The average molecular weight is 509 g/mol. The van der Waals surface area contributed by atoms with Crippen molar-refractivity contribution in [3.05, 3.63) is 41.7 Å². The topological polar surface area (TPSA) is 111 Å². The fourth-order valence-electron chi connectivity index (χ4n) is 9.05. The van der Waals surface area contributed by atoms with Gasteiger partial charge in [-0.25, -0.2) is 0 Å². The number of aliphatic hydroxyl groups excluding tert-OH is 2. The van der Waals surface area contributed by atoms with Gasteiger partial charge in [0.2, 0.25) is 0 Å². The molecule has 1 aromatic heterocycles. The summed E-state index contributed by atoms with van der Waals surface area (Å²) in [6.07, 6.45) is 8.91. The molecule has 0 saturated heterocycles. The summed E-state index contributed by atoms with van der Waals surface area (Å²) >= 11 is 0. The Bertz CT molecular complexity index is 1130. The first-order chi connectivity index (χ1) is 17.5. The van der Waals surface area contributed by atoms with Crippen molar-refractivity contribution in [3.8, 4) is 0 Å². The molecule has 200 valence electrons. The number of rotatable bonds is 4. The van der Waals surface area contributed by atoms with E-state index in [1.165, 1.54) is 0 Å². The van der Waals surface area contributed by atoms with Gasteiger partial charge >= 0.3 is 0 Å². The molecule has 5 aliphatic rings. The molecule has 1 heterocycles. The highest BCUT2D eigenvalue weighted by Crippen LogP contribution is 2.67. The number of allylic oxidation sites excluding steroid dienone is 1. The van der Waals surface area contributed by atoms with Crippen molar-refractivity contribution >= 4 is 11.7 Å². The minimum atomic E-state index is -1.12. The van der Waals surface area contributed by atoms with Crippen LogP contribution in [0.3, 0.4) is 0 Å². The minimum absolute atomic E-state index is 0.000964. The van der Waals surface area contributed by atoms with Crippen molar-refractivity contribution in [3.63, 3.8) is 0 Å². The van der Waals surface area contributed by atoms with E-state index in [1.54, 1.807) is 24.5 Å². The molecule has 4 saturated carbocycles. The molecule has 0 bridgehead atoms. The van der Waals surface area contributed by atoms with Gasteiger partial charge in [-0.3, -0.25) is 14.6 Å². The van der Waals surface area contributed by atoms with Gasteiger partial charge < -0.3 is 20.2 Å². The molecule has 1 amide bonds. The largest absolute Gasteiger partial charge is 0.390 e. The molecule has 6 rings (SSSR count). The maximum atomic E-state index is 13.6. The van der Waals surface area contributed by atoms with Crippen LogP contribution in [0.1, 0.15) is 82.5 Å². The van der Waals surface area contributed by atoms with Gasteiger partial charge in [0, 0.05) is 35.8 Å². The number of pyridine rings is 1. The molecule has 37 heavy (non-hydrogen) atoms. The van der Waals surface area contributed by atoms with Gasteiger partial charge in [0.05, 0.1) is 23.4 Å². The fourth-order valence-corrected chi connectivity index (χ4v) is 9.05. The summed E-state index contributed by atoms with van der Waals surface area (Å²) in [5.74, 6) is -0.250. The van der Waals surface area contributed by atoms with Gasteiger partial charge in [0.15, 0.2) is 5.78 Å². The van der Waals surface area contributed by atoms with Crippen molar-refractivity contribution in [1.29, 1.82) is 0 Å². The van der Waals surface area contributed by atoms with Crippen LogP contribution < -0.4 is 0 Å². The molecule has 4 fully saturated rings. The molecule has 7 nitrogen and oxygen atoms in total. The first-order valence-corrected chi connectivity index (χ1v) is 14.1. The third-order valence-corrected chi connectivity index (χ3v) is 11.3. The lowest BCUT2D eigenvalue weighted by Crippen LogP contribution is -2.61. The normalized spacial score (nSPS) is 43.8. The zero-order valence-electron chi connectivity index (χ0n) is 22.1. The molecular formula is C30H40N2O5. The molecule has 0 radical (unpaired) electrons. The fraction of sp³-hybridized carbons (Fsp3) is 0.700. The van der Waals surface area contributed by atoms with Crippen LogP contribution in [-0.4, -0.2) is 66.8 Å². The number of aromatic nitrogens is 1. The monoisotopic (exact) mass is 508 g/mol. The Morgan fingerprint density at radius 2 is 1.86 bits per heavy atom. The lowest BCUT2D eigenvalue weighted by atomic mass is 9.46. The van der Waals surface area contributed by atoms with E-state index in [9.17, 15) is 24.9 Å². The summed E-state index contributed by atoms with van der Waals surface area (Å²) < 4.78 is 0. The van der Waals surface area contributed by atoms with E-state index in [0.717, 1.165) is 37.7 Å². The number of amides is 1. The van der Waals surface area contributed by atoms with Crippen LogP contribution in [0.15, 0.2) is 36.2 Å². The quantitative estimate of drug-likeness (QED) is 0.576. The number of carbonyl (C=O) groups is 2. The van der Waals surface area contributed by atoms with Gasteiger partial charge in [0.1, 0.15) is 0 Å². The molecular weight excluding hydrogens is 468 g/mol. The van der Waals surface area contributed by atoms with E-state index in [-0.39, 0.29) is 47.9 Å². The first kappa shape index (κ1) is 25.2. The Morgan fingerprint density at radius 1 is 1.11 bits per heavy atom.